The van der Waals surface area contributed by atoms with E-state index in [1.807, 2.05) is 0 Å². The second-order valence-electron chi connectivity index (χ2n) is 3.50. The minimum atomic E-state index is -0.859. The fraction of sp³-hybridized carbons (Fsp3) is 0.300. The first-order chi connectivity index (χ1) is 7.18. The van der Waals surface area contributed by atoms with Gasteiger partial charge in [-0.15, -0.1) is 0 Å². The molecule has 5 heteroatoms. The third-order valence-electron chi connectivity index (χ3n) is 2.53. The molecule has 1 fully saturated rings. The van der Waals surface area contributed by atoms with Gasteiger partial charge in [0.25, 0.3) is 0 Å². The van der Waals surface area contributed by atoms with Crippen molar-refractivity contribution in [2.45, 2.75) is 6.04 Å². The van der Waals surface area contributed by atoms with Crippen LogP contribution in [0.5, 0.6) is 0 Å². The summed E-state index contributed by atoms with van der Waals surface area (Å²) in [6.45, 7) is 0.372. The SMILES string of the molecule is O=C(O)C1CNNC1c1ccc(F)cc1. The molecular formula is C10H11FN2O2. The Bertz CT molecular complexity index is 366. The summed E-state index contributed by atoms with van der Waals surface area (Å²) in [5.74, 6) is -1.70. The highest BCUT2D eigenvalue weighted by Gasteiger charge is 2.33. The standard InChI is InChI=1S/C10H11FN2O2/c11-7-3-1-6(2-4-7)9-8(10(14)15)5-12-13-9/h1-4,8-9,12-13H,5H2,(H,14,15). The van der Waals surface area contributed by atoms with Crippen LogP contribution < -0.4 is 10.9 Å². The normalized spacial score (nSPS) is 25.4. The molecule has 1 aromatic carbocycles. The summed E-state index contributed by atoms with van der Waals surface area (Å²) in [5, 5.41) is 8.95. The highest BCUT2D eigenvalue weighted by molar-refractivity contribution is 5.72. The maximum atomic E-state index is 12.7. The second kappa shape index (κ2) is 3.96. The van der Waals surface area contributed by atoms with E-state index >= 15 is 0 Å². The average Bonchev–Trinajstić information content (AvgIpc) is 2.67. The van der Waals surface area contributed by atoms with Crippen LogP contribution >= 0.6 is 0 Å². The van der Waals surface area contributed by atoms with E-state index in [9.17, 15) is 9.18 Å². The van der Waals surface area contributed by atoms with Gasteiger partial charge in [0.2, 0.25) is 0 Å². The summed E-state index contributed by atoms with van der Waals surface area (Å²) in [7, 11) is 0. The molecule has 1 saturated heterocycles. The number of hydrogen-bond acceptors (Lipinski definition) is 3. The zero-order valence-corrected chi connectivity index (χ0v) is 7.90. The smallest absolute Gasteiger partial charge is 0.309 e. The largest absolute Gasteiger partial charge is 0.481 e. The van der Waals surface area contributed by atoms with Crippen molar-refractivity contribution in [2.75, 3.05) is 6.54 Å². The van der Waals surface area contributed by atoms with Gasteiger partial charge in [-0.1, -0.05) is 12.1 Å². The van der Waals surface area contributed by atoms with Crippen LogP contribution in [-0.4, -0.2) is 17.6 Å². The lowest BCUT2D eigenvalue weighted by molar-refractivity contribution is -0.141. The molecule has 0 aromatic heterocycles. The highest BCUT2D eigenvalue weighted by atomic mass is 19.1. The van der Waals surface area contributed by atoms with Crippen LogP contribution in [0, 0.1) is 11.7 Å². The Morgan fingerprint density at radius 1 is 1.40 bits per heavy atom. The number of hydrazine groups is 1. The minimum absolute atomic E-state index is 0.303. The number of rotatable bonds is 2. The Kier molecular flexibility index (Phi) is 2.66. The van der Waals surface area contributed by atoms with Crippen molar-refractivity contribution in [1.82, 2.24) is 10.9 Å². The summed E-state index contributed by atoms with van der Waals surface area (Å²) >= 11 is 0. The van der Waals surface area contributed by atoms with Gasteiger partial charge in [0.15, 0.2) is 0 Å². The molecule has 0 amide bonds. The summed E-state index contributed by atoms with van der Waals surface area (Å²) in [4.78, 5) is 10.9. The molecule has 2 atom stereocenters. The maximum Gasteiger partial charge on any atom is 0.309 e. The van der Waals surface area contributed by atoms with Crippen LogP contribution in [-0.2, 0) is 4.79 Å². The Morgan fingerprint density at radius 3 is 2.67 bits per heavy atom. The number of nitrogens with one attached hydrogen (secondary N) is 2. The van der Waals surface area contributed by atoms with Gasteiger partial charge in [0.1, 0.15) is 5.82 Å². The Hall–Kier alpha value is -1.46. The zero-order chi connectivity index (χ0) is 10.8. The first kappa shape index (κ1) is 10.1. The van der Waals surface area contributed by atoms with Crippen molar-refractivity contribution in [3.8, 4) is 0 Å². The van der Waals surface area contributed by atoms with Gasteiger partial charge in [0, 0.05) is 6.54 Å². The zero-order valence-electron chi connectivity index (χ0n) is 7.90. The molecule has 0 aliphatic carbocycles. The average molecular weight is 210 g/mol. The van der Waals surface area contributed by atoms with Gasteiger partial charge in [0.05, 0.1) is 12.0 Å². The van der Waals surface area contributed by atoms with Gasteiger partial charge >= 0.3 is 5.97 Å². The molecule has 0 radical (unpaired) electrons. The Morgan fingerprint density at radius 2 is 2.07 bits per heavy atom. The van der Waals surface area contributed by atoms with Crippen LogP contribution in [0.2, 0.25) is 0 Å². The molecule has 3 N–H and O–H groups in total. The lowest BCUT2D eigenvalue weighted by atomic mass is 9.95. The van der Waals surface area contributed by atoms with Crippen LogP contribution in [0.15, 0.2) is 24.3 Å². The van der Waals surface area contributed by atoms with Crippen molar-refractivity contribution in [1.29, 1.82) is 0 Å². The van der Waals surface area contributed by atoms with Crippen LogP contribution in [0.1, 0.15) is 11.6 Å². The van der Waals surface area contributed by atoms with Gasteiger partial charge in [-0.05, 0) is 17.7 Å². The molecule has 1 aliphatic heterocycles. The van der Waals surface area contributed by atoms with E-state index in [4.69, 9.17) is 5.11 Å². The summed E-state index contributed by atoms with van der Waals surface area (Å²) in [5.41, 5.74) is 6.43. The molecule has 80 valence electrons. The molecule has 4 nitrogen and oxygen atoms in total. The first-order valence-corrected chi connectivity index (χ1v) is 4.65. The van der Waals surface area contributed by atoms with Gasteiger partial charge in [-0.2, -0.15) is 0 Å². The predicted molar refractivity (Wildman–Crippen MR) is 51.4 cm³/mol. The predicted octanol–water partition coefficient (Wildman–Crippen LogP) is 0.675. The van der Waals surface area contributed by atoms with Gasteiger partial charge in [-0.25, -0.2) is 9.82 Å². The number of aliphatic carboxylic acids is 1. The van der Waals surface area contributed by atoms with Gasteiger partial charge < -0.3 is 5.11 Å². The molecule has 2 rings (SSSR count). The molecule has 2 unspecified atom stereocenters. The second-order valence-corrected chi connectivity index (χ2v) is 3.50. The summed E-state index contributed by atoms with van der Waals surface area (Å²) < 4.78 is 12.7. The number of carbonyl (C=O) groups is 1. The quantitative estimate of drug-likeness (QED) is 0.671. The number of hydrogen-bond donors (Lipinski definition) is 3. The highest BCUT2D eigenvalue weighted by Crippen LogP contribution is 2.24. The molecule has 1 aliphatic rings. The summed E-state index contributed by atoms with van der Waals surface area (Å²) in [6.07, 6.45) is 0. The maximum absolute atomic E-state index is 12.7. The lowest BCUT2D eigenvalue weighted by Crippen LogP contribution is -2.26. The molecule has 0 bridgehead atoms. The third-order valence-corrected chi connectivity index (χ3v) is 2.53. The van der Waals surface area contributed by atoms with Crippen molar-refractivity contribution in [3.05, 3.63) is 35.6 Å². The van der Waals surface area contributed by atoms with Crippen molar-refractivity contribution < 1.29 is 14.3 Å². The monoisotopic (exact) mass is 210 g/mol. The fourth-order valence-electron chi connectivity index (χ4n) is 1.71. The summed E-state index contributed by atoms with van der Waals surface area (Å²) in [6, 6.07) is 5.54. The molecule has 1 heterocycles. The van der Waals surface area contributed by atoms with Crippen molar-refractivity contribution in [3.63, 3.8) is 0 Å². The van der Waals surface area contributed by atoms with E-state index in [0.29, 0.717) is 6.54 Å². The molecule has 15 heavy (non-hydrogen) atoms. The van der Waals surface area contributed by atoms with E-state index in [-0.39, 0.29) is 11.9 Å². The first-order valence-electron chi connectivity index (χ1n) is 4.65. The van der Waals surface area contributed by atoms with Crippen LogP contribution in [0.4, 0.5) is 4.39 Å². The number of halogens is 1. The van der Waals surface area contributed by atoms with E-state index < -0.39 is 11.9 Å². The third kappa shape index (κ3) is 1.98. The Labute approximate surface area is 86.1 Å². The molecule has 0 saturated carbocycles. The number of carboxylic acids is 1. The van der Waals surface area contributed by atoms with E-state index in [1.54, 1.807) is 12.1 Å². The molecule has 1 aromatic rings. The lowest BCUT2D eigenvalue weighted by Gasteiger charge is -2.14. The number of carboxylic acid groups (broad SMARTS) is 1. The molecular weight excluding hydrogens is 199 g/mol. The van der Waals surface area contributed by atoms with Crippen LogP contribution in [0.3, 0.4) is 0 Å². The molecule has 0 spiro atoms. The van der Waals surface area contributed by atoms with Gasteiger partial charge in [-0.3, -0.25) is 10.2 Å². The van der Waals surface area contributed by atoms with Crippen LogP contribution in [0.25, 0.3) is 0 Å². The van der Waals surface area contributed by atoms with Crippen molar-refractivity contribution >= 4 is 5.97 Å². The number of benzene rings is 1. The van der Waals surface area contributed by atoms with Crippen molar-refractivity contribution in [2.24, 2.45) is 5.92 Å². The van der Waals surface area contributed by atoms with E-state index in [1.165, 1.54) is 12.1 Å². The Balaban J connectivity index is 2.22. The van der Waals surface area contributed by atoms with E-state index in [0.717, 1.165) is 5.56 Å². The fourth-order valence-corrected chi connectivity index (χ4v) is 1.71. The van der Waals surface area contributed by atoms with E-state index in [2.05, 4.69) is 10.9 Å². The topological polar surface area (TPSA) is 61.4 Å². The minimum Gasteiger partial charge on any atom is -0.481 e.